The van der Waals surface area contributed by atoms with Crippen LogP contribution in [-0.2, 0) is 14.3 Å². The van der Waals surface area contributed by atoms with Gasteiger partial charge in [0.15, 0.2) is 0 Å². The third-order valence-electron chi connectivity index (χ3n) is 12.8. The van der Waals surface area contributed by atoms with Crippen molar-refractivity contribution in [2.24, 2.45) is 0 Å². The molecule has 6 heteroatoms. The predicted molar refractivity (Wildman–Crippen MR) is 282 cm³/mol. The van der Waals surface area contributed by atoms with Crippen LogP contribution < -0.4 is 5.32 Å². The van der Waals surface area contributed by atoms with E-state index in [0.29, 0.717) is 19.4 Å². The fourth-order valence-corrected chi connectivity index (χ4v) is 8.42. The van der Waals surface area contributed by atoms with E-state index in [0.717, 1.165) is 89.9 Å². The average Bonchev–Trinajstić information content (AvgIpc) is 3.31. The van der Waals surface area contributed by atoms with Crippen molar-refractivity contribution in [2.75, 3.05) is 13.2 Å². The summed E-state index contributed by atoms with van der Waals surface area (Å²) in [7, 11) is 0. The third kappa shape index (κ3) is 51.1. The quantitative estimate of drug-likeness (QED) is 0.0321. The summed E-state index contributed by atoms with van der Waals surface area (Å²) in [4.78, 5) is 24.5. The minimum absolute atomic E-state index is 0.0285. The van der Waals surface area contributed by atoms with Crippen molar-refractivity contribution < 1.29 is 24.5 Å². The fourth-order valence-electron chi connectivity index (χ4n) is 8.42. The van der Waals surface area contributed by atoms with Gasteiger partial charge in [0, 0.05) is 12.8 Å². The van der Waals surface area contributed by atoms with E-state index in [2.05, 4.69) is 55.6 Å². The molecule has 0 aliphatic heterocycles. The topological polar surface area (TPSA) is 95.9 Å². The molecule has 65 heavy (non-hydrogen) atoms. The zero-order valence-corrected chi connectivity index (χ0v) is 43.2. The maximum absolute atomic E-state index is 12.5. The number of aliphatic hydroxyl groups excluding tert-OH is 2. The van der Waals surface area contributed by atoms with Crippen molar-refractivity contribution in [3.63, 3.8) is 0 Å². The van der Waals surface area contributed by atoms with Crippen LogP contribution in [0, 0.1) is 0 Å². The molecular weight excluding hydrogens is 803 g/mol. The molecule has 6 nitrogen and oxygen atoms in total. The minimum atomic E-state index is -0.862. The number of hydrogen-bond acceptors (Lipinski definition) is 5. The highest BCUT2D eigenvalue weighted by Crippen LogP contribution is 2.16. The number of allylic oxidation sites excluding steroid dienone is 7. The zero-order valence-electron chi connectivity index (χ0n) is 43.2. The van der Waals surface area contributed by atoms with Crippen LogP contribution in [-0.4, -0.2) is 47.4 Å². The molecule has 0 heterocycles. The van der Waals surface area contributed by atoms with Crippen molar-refractivity contribution in [3.8, 4) is 0 Å². The number of aliphatic hydroxyl groups is 2. The highest BCUT2D eigenvalue weighted by molar-refractivity contribution is 5.76. The molecule has 0 aromatic rings. The van der Waals surface area contributed by atoms with E-state index in [-0.39, 0.29) is 18.5 Å². The highest BCUT2D eigenvalue weighted by Gasteiger charge is 2.18. The monoisotopic (exact) mass is 912 g/mol. The maximum Gasteiger partial charge on any atom is 0.305 e. The Morgan fingerprint density at radius 3 is 1.22 bits per heavy atom. The minimum Gasteiger partial charge on any atom is -0.466 e. The summed E-state index contributed by atoms with van der Waals surface area (Å²) in [5.74, 6) is -0.122. The lowest BCUT2D eigenvalue weighted by molar-refractivity contribution is -0.143. The lowest BCUT2D eigenvalue weighted by atomic mass is 10.0. The number of ether oxygens (including phenoxy) is 1. The standard InChI is InChI=1S/C59H109NO5/c1-3-5-7-9-11-13-15-17-19-21-22-24-26-28-33-37-41-45-49-53-59(64)65-54-50-46-42-38-34-30-29-32-36-40-44-48-52-58(63)60-56(55-61)57(62)51-47-43-39-35-31-27-25-23-20-18-16-14-12-10-8-6-4-2/h11,13,17,19,30,34,47,51,56-57,61-62H,3-10,12,14-16,18,20-29,31-33,35-46,48-50,52-55H2,1-2H3,(H,60,63)/b13-11-,19-17-,34-30-,51-47+. The van der Waals surface area contributed by atoms with Crippen LogP contribution in [0.25, 0.3) is 0 Å². The number of carbonyl (C=O) groups excluding carboxylic acids is 2. The number of nitrogens with one attached hydrogen (secondary N) is 1. The van der Waals surface area contributed by atoms with Gasteiger partial charge in [-0.1, -0.05) is 229 Å². The molecule has 2 atom stereocenters. The van der Waals surface area contributed by atoms with Gasteiger partial charge in [-0.3, -0.25) is 9.59 Å². The van der Waals surface area contributed by atoms with E-state index in [4.69, 9.17) is 4.74 Å². The van der Waals surface area contributed by atoms with Crippen LogP contribution in [0.15, 0.2) is 48.6 Å². The largest absolute Gasteiger partial charge is 0.466 e. The number of carbonyl (C=O) groups is 2. The summed E-state index contributed by atoms with van der Waals surface area (Å²) < 4.78 is 5.46. The Morgan fingerprint density at radius 1 is 0.431 bits per heavy atom. The summed E-state index contributed by atoms with van der Waals surface area (Å²) in [5.41, 5.74) is 0. The highest BCUT2D eigenvalue weighted by atomic mass is 16.5. The maximum atomic E-state index is 12.5. The first-order valence-electron chi connectivity index (χ1n) is 28.4. The SMILES string of the molecule is CCCCC/C=C\C/C=C\CCCCCCCCCCCC(=O)OCCCCC/C=C\CCCCCCCC(=O)NC(CO)C(O)/C=C/CCCCCCCCCCCCCCCCC. The Bertz CT molecular complexity index is 1100. The second kappa shape index (κ2) is 54.4. The van der Waals surface area contributed by atoms with Gasteiger partial charge in [-0.25, -0.2) is 0 Å². The third-order valence-corrected chi connectivity index (χ3v) is 12.8. The molecule has 3 N–H and O–H groups in total. The van der Waals surface area contributed by atoms with E-state index in [1.54, 1.807) is 6.08 Å². The molecule has 0 fully saturated rings. The molecule has 0 radical (unpaired) electrons. The normalized spacial score (nSPS) is 13.0. The van der Waals surface area contributed by atoms with Crippen molar-refractivity contribution >= 4 is 11.9 Å². The summed E-state index contributed by atoms with van der Waals surface area (Å²) in [6, 6.07) is -0.648. The molecule has 0 spiro atoms. The van der Waals surface area contributed by atoms with E-state index < -0.39 is 12.1 Å². The fraction of sp³-hybridized carbons (Fsp3) is 0.831. The van der Waals surface area contributed by atoms with Gasteiger partial charge in [0.25, 0.3) is 0 Å². The first-order chi connectivity index (χ1) is 32.0. The molecule has 0 bridgehead atoms. The lowest BCUT2D eigenvalue weighted by Crippen LogP contribution is -2.45. The Morgan fingerprint density at radius 2 is 0.769 bits per heavy atom. The lowest BCUT2D eigenvalue weighted by Gasteiger charge is -2.20. The Labute approximate surface area is 404 Å². The van der Waals surface area contributed by atoms with E-state index in [1.165, 1.54) is 173 Å². The van der Waals surface area contributed by atoms with Crippen LogP contribution in [0.2, 0.25) is 0 Å². The number of hydrogen-bond donors (Lipinski definition) is 3. The summed E-state index contributed by atoms with van der Waals surface area (Å²) in [6.07, 6.45) is 68.4. The summed E-state index contributed by atoms with van der Waals surface area (Å²) >= 11 is 0. The Balaban J connectivity index is 3.53. The zero-order chi connectivity index (χ0) is 47.2. The van der Waals surface area contributed by atoms with E-state index in [1.807, 2.05) is 6.08 Å². The van der Waals surface area contributed by atoms with E-state index in [9.17, 15) is 19.8 Å². The first-order valence-corrected chi connectivity index (χ1v) is 28.4. The molecule has 0 aliphatic rings. The van der Waals surface area contributed by atoms with Gasteiger partial charge in [0.1, 0.15) is 0 Å². The Hall–Kier alpha value is -2.18. The second-order valence-corrected chi connectivity index (χ2v) is 19.3. The van der Waals surface area contributed by atoms with Crippen LogP contribution in [0.3, 0.4) is 0 Å². The molecule has 0 saturated carbocycles. The molecule has 380 valence electrons. The number of unbranched alkanes of at least 4 members (excludes halogenated alkanes) is 35. The van der Waals surface area contributed by atoms with Crippen molar-refractivity contribution in [1.29, 1.82) is 0 Å². The Kier molecular flexibility index (Phi) is 52.6. The van der Waals surface area contributed by atoms with Gasteiger partial charge in [-0.15, -0.1) is 0 Å². The van der Waals surface area contributed by atoms with Crippen LogP contribution >= 0.6 is 0 Å². The molecule has 0 aromatic carbocycles. The van der Waals surface area contributed by atoms with Gasteiger partial charge >= 0.3 is 5.97 Å². The summed E-state index contributed by atoms with van der Waals surface area (Å²) in [6.45, 7) is 4.82. The van der Waals surface area contributed by atoms with E-state index >= 15 is 0 Å². The molecule has 0 aromatic heterocycles. The average molecular weight is 913 g/mol. The van der Waals surface area contributed by atoms with Crippen LogP contribution in [0.4, 0.5) is 0 Å². The van der Waals surface area contributed by atoms with Gasteiger partial charge in [0.05, 0.1) is 25.4 Å². The van der Waals surface area contributed by atoms with Crippen molar-refractivity contribution in [1.82, 2.24) is 5.32 Å². The molecular formula is C59H109NO5. The van der Waals surface area contributed by atoms with Gasteiger partial charge in [-0.05, 0) is 96.3 Å². The molecule has 0 aliphatic carbocycles. The predicted octanol–water partition coefficient (Wildman–Crippen LogP) is 17.4. The van der Waals surface area contributed by atoms with Gasteiger partial charge in [0.2, 0.25) is 5.91 Å². The van der Waals surface area contributed by atoms with Crippen molar-refractivity contribution in [3.05, 3.63) is 48.6 Å². The van der Waals surface area contributed by atoms with Crippen molar-refractivity contribution in [2.45, 2.75) is 302 Å². The van der Waals surface area contributed by atoms with Gasteiger partial charge in [-0.2, -0.15) is 0 Å². The van der Waals surface area contributed by atoms with Crippen LogP contribution in [0.5, 0.6) is 0 Å². The summed E-state index contributed by atoms with van der Waals surface area (Å²) in [5, 5.41) is 23.1. The number of rotatable bonds is 52. The second-order valence-electron chi connectivity index (χ2n) is 19.3. The van der Waals surface area contributed by atoms with Gasteiger partial charge < -0.3 is 20.3 Å². The smallest absolute Gasteiger partial charge is 0.305 e. The number of amides is 1. The molecule has 0 rings (SSSR count). The van der Waals surface area contributed by atoms with Crippen LogP contribution in [0.1, 0.15) is 290 Å². The first kappa shape index (κ1) is 62.8. The molecule has 2 unspecified atom stereocenters. The molecule has 1 amide bonds. The number of esters is 1. The molecule has 0 saturated heterocycles.